The predicted octanol–water partition coefficient (Wildman–Crippen LogP) is 11.1. The number of nitrogens with zero attached hydrogens (tertiary/aromatic N) is 3. The van der Waals surface area contributed by atoms with Gasteiger partial charge in [-0.25, -0.2) is 4.98 Å². The van der Waals surface area contributed by atoms with Crippen LogP contribution in [0.3, 0.4) is 0 Å². The Labute approximate surface area is 283 Å². The van der Waals surface area contributed by atoms with Crippen molar-refractivity contribution >= 4 is 49.4 Å². The normalized spacial score (nSPS) is 13.5. The van der Waals surface area contributed by atoms with Gasteiger partial charge in [-0.2, -0.15) is 0 Å². The van der Waals surface area contributed by atoms with Crippen molar-refractivity contribution in [3.63, 3.8) is 0 Å². The van der Waals surface area contributed by atoms with Crippen LogP contribution in [-0.2, 0) is 5.41 Å². The van der Waals surface area contributed by atoms with Crippen molar-refractivity contribution in [2.24, 2.45) is 0 Å². The lowest BCUT2D eigenvalue weighted by atomic mass is 9.67. The molecular weight excluding hydrogens is 595 g/mol. The molecule has 0 saturated heterocycles. The Balaban J connectivity index is 1.31. The van der Waals surface area contributed by atoms with Crippen LogP contribution in [-0.4, -0.2) is 14.0 Å². The highest BCUT2D eigenvalue weighted by Gasteiger charge is 2.46. The summed E-state index contributed by atoms with van der Waals surface area (Å²) in [6.07, 6.45) is 0. The van der Waals surface area contributed by atoms with Gasteiger partial charge in [0.15, 0.2) is 5.65 Å². The highest BCUT2D eigenvalue weighted by atomic mass is 15.2. The Morgan fingerprint density at radius 1 is 0.429 bits per heavy atom. The maximum absolute atomic E-state index is 5.44. The summed E-state index contributed by atoms with van der Waals surface area (Å²) in [6, 6.07) is 64.2. The van der Waals surface area contributed by atoms with Gasteiger partial charge in [0, 0.05) is 21.8 Å². The molecule has 3 aromatic heterocycles. The zero-order chi connectivity index (χ0) is 32.1. The molecule has 3 nitrogen and oxygen atoms in total. The molecule has 0 N–H and O–H groups in total. The number of hydrogen-bond donors (Lipinski definition) is 0. The molecule has 1 aliphatic rings. The van der Waals surface area contributed by atoms with E-state index in [2.05, 4.69) is 185 Å². The van der Waals surface area contributed by atoms with Gasteiger partial charge in [0.05, 0.1) is 16.4 Å². The molecule has 0 bridgehead atoms. The number of hydrogen-bond acceptors (Lipinski definition) is 1. The topological polar surface area (TPSA) is 22.2 Å². The first kappa shape index (κ1) is 26.6. The first-order valence-corrected chi connectivity index (χ1v) is 16.9. The van der Waals surface area contributed by atoms with E-state index in [0.29, 0.717) is 0 Å². The molecule has 49 heavy (non-hydrogen) atoms. The lowest BCUT2D eigenvalue weighted by molar-refractivity contribution is 0.767. The third-order valence-corrected chi connectivity index (χ3v) is 10.8. The van der Waals surface area contributed by atoms with Crippen LogP contribution in [0.4, 0.5) is 0 Å². The summed E-state index contributed by atoms with van der Waals surface area (Å²) in [5.41, 5.74) is 13.7. The van der Waals surface area contributed by atoms with Crippen LogP contribution in [0.15, 0.2) is 176 Å². The van der Waals surface area contributed by atoms with Gasteiger partial charge in [-0.1, -0.05) is 152 Å². The van der Waals surface area contributed by atoms with Gasteiger partial charge in [-0.05, 0) is 63.0 Å². The molecule has 7 aromatic carbocycles. The Bertz CT molecular complexity index is 2890. The largest absolute Gasteiger partial charge is 0.294 e. The first-order chi connectivity index (χ1) is 24.3. The minimum absolute atomic E-state index is 0.477. The molecule has 11 rings (SSSR count). The maximum atomic E-state index is 5.44. The van der Waals surface area contributed by atoms with E-state index in [1.807, 2.05) is 0 Å². The Morgan fingerprint density at radius 2 is 1.00 bits per heavy atom. The van der Waals surface area contributed by atoms with Crippen LogP contribution >= 0.6 is 0 Å². The number of fused-ring (bicyclic) bond motifs is 13. The number of para-hydroxylation sites is 2. The monoisotopic (exact) mass is 623 g/mol. The average Bonchev–Trinajstić information content (AvgIpc) is 3.82. The van der Waals surface area contributed by atoms with Crippen LogP contribution < -0.4 is 0 Å². The molecule has 0 saturated carbocycles. The Kier molecular flexibility index (Phi) is 5.31. The Hall–Kier alpha value is -6.45. The van der Waals surface area contributed by atoms with Crippen molar-refractivity contribution in [2.75, 3.05) is 0 Å². The van der Waals surface area contributed by atoms with Gasteiger partial charge in [-0.15, -0.1) is 0 Å². The number of imidazole rings is 1. The van der Waals surface area contributed by atoms with E-state index in [1.54, 1.807) is 0 Å². The first-order valence-electron chi connectivity index (χ1n) is 16.9. The Morgan fingerprint density at radius 3 is 1.76 bits per heavy atom. The fourth-order valence-electron chi connectivity index (χ4n) is 8.83. The molecule has 3 heterocycles. The van der Waals surface area contributed by atoms with Crippen LogP contribution in [0.25, 0.3) is 66.2 Å². The molecular formula is C46H29N3. The summed E-state index contributed by atoms with van der Waals surface area (Å²) in [6.45, 7) is 0. The minimum atomic E-state index is -0.477. The third-order valence-electron chi connectivity index (χ3n) is 10.8. The molecule has 0 radical (unpaired) electrons. The van der Waals surface area contributed by atoms with E-state index in [9.17, 15) is 0 Å². The maximum Gasteiger partial charge on any atom is 0.151 e. The van der Waals surface area contributed by atoms with Crippen molar-refractivity contribution in [3.05, 3.63) is 198 Å². The van der Waals surface area contributed by atoms with Gasteiger partial charge in [-0.3, -0.25) is 8.97 Å². The van der Waals surface area contributed by atoms with Gasteiger partial charge < -0.3 is 0 Å². The molecule has 0 amide bonds. The summed E-state index contributed by atoms with van der Waals surface area (Å²) in [5.74, 6) is 0. The number of benzene rings is 7. The van der Waals surface area contributed by atoms with E-state index in [-0.39, 0.29) is 0 Å². The van der Waals surface area contributed by atoms with Crippen molar-refractivity contribution in [1.29, 1.82) is 0 Å². The molecule has 10 aromatic rings. The predicted molar refractivity (Wildman–Crippen MR) is 202 cm³/mol. The van der Waals surface area contributed by atoms with Crippen LogP contribution in [0.1, 0.15) is 22.3 Å². The summed E-state index contributed by atoms with van der Waals surface area (Å²) < 4.78 is 4.83. The van der Waals surface area contributed by atoms with Gasteiger partial charge in [0.25, 0.3) is 0 Å². The minimum Gasteiger partial charge on any atom is -0.294 e. The molecule has 228 valence electrons. The van der Waals surface area contributed by atoms with E-state index >= 15 is 0 Å². The molecule has 0 aliphatic heterocycles. The lowest BCUT2D eigenvalue weighted by Crippen LogP contribution is -2.28. The number of aromatic nitrogens is 3. The second-order valence-electron chi connectivity index (χ2n) is 13.1. The molecule has 0 fully saturated rings. The molecule has 0 atom stereocenters. The zero-order valence-corrected chi connectivity index (χ0v) is 26.6. The van der Waals surface area contributed by atoms with E-state index < -0.39 is 5.41 Å². The molecule has 0 unspecified atom stereocenters. The average molecular weight is 624 g/mol. The molecule has 1 aliphatic carbocycles. The van der Waals surface area contributed by atoms with Crippen LogP contribution in [0.5, 0.6) is 0 Å². The zero-order valence-electron chi connectivity index (χ0n) is 26.6. The summed E-state index contributed by atoms with van der Waals surface area (Å²) in [5, 5.41) is 4.75. The quantitative estimate of drug-likeness (QED) is 0.180. The lowest BCUT2D eigenvalue weighted by Gasteiger charge is -2.34. The third kappa shape index (κ3) is 3.39. The van der Waals surface area contributed by atoms with E-state index in [4.69, 9.17) is 4.98 Å². The SMILES string of the molecule is c1ccc(C2(c3ccccc3)c3ccccc3-c3ccc(-n4c5ccccc5c5nc6c7ccccc7c7ccccc7n6c54)cc32)cc1. The molecule has 3 heteroatoms. The van der Waals surface area contributed by atoms with Gasteiger partial charge in [0.2, 0.25) is 0 Å². The highest BCUT2D eigenvalue weighted by molar-refractivity contribution is 6.16. The second kappa shape index (κ2) is 9.79. The van der Waals surface area contributed by atoms with Gasteiger partial charge in [0.1, 0.15) is 11.2 Å². The van der Waals surface area contributed by atoms with Crippen molar-refractivity contribution in [3.8, 4) is 16.8 Å². The molecule has 0 spiro atoms. The number of pyridine rings is 1. The van der Waals surface area contributed by atoms with Crippen molar-refractivity contribution in [2.45, 2.75) is 5.41 Å². The fraction of sp³-hybridized carbons (Fsp3) is 0.0217. The van der Waals surface area contributed by atoms with E-state index in [0.717, 1.165) is 44.3 Å². The number of rotatable bonds is 3. The summed E-state index contributed by atoms with van der Waals surface area (Å²) in [7, 11) is 0. The van der Waals surface area contributed by atoms with Crippen molar-refractivity contribution < 1.29 is 0 Å². The van der Waals surface area contributed by atoms with Crippen LogP contribution in [0.2, 0.25) is 0 Å². The highest BCUT2D eigenvalue weighted by Crippen LogP contribution is 2.56. The second-order valence-corrected chi connectivity index (χ2v) is 13.1. The van der Waals surface area contributed by atoms with E-state index in [1.165, 1.54) is 44.2 Å². The summed E-state index contributed by atoms with van der Waals surface area (Å²) in [4.78, 5) is 5.44. The standard InChI is InChI=1S/C46H29N3/c1-3-15-30(16-4-1)46(31-17-5-2-6-18-31)39-24-12-9-20-34(39)35-28-27-32(29-40(35)46)48-42-26-14-11-23-38(42)43-45(48)49-41-25-13-10-21-36(41)33-19-7-8-22-37(33)44(49)47-43/h1-29H. The summed E-state index contributed by atoms with van der Waals surface area (Å²) >= 11 is 0. The smallest absolute Gasteiger partial charge is 0.151 e. The van der Waals surface area contributed by atoms with Crippen molar-refractivity contribution in [1.82, 2.24) is 14.0 Å². The fourth-order valence-corrected chi connectivity index (χ4v) is 8.83. The van der Waals surface area contributed by atoms with Crippen LogP contribution in [0, 0.1) is 0 Å². The van der Waals surface area contributed by atoms with Gasteiger partial charge >= 0.3 is 0 Å².